The van der Waals surface area contributed by atoms with Gasteiger partial charge in [-0.05, 0) is 36.4 Å². The minimum atomic E-state index is -0.439. The maximum Gasteiger partial charge on any atom is 0.319 e. The van der Waals surface area contributed by atoms with E-state index in [-0.39, 0.29) is 6.03 Å². The van der Waals surface area contributed by atoms with E-state index >= 15 is 0 Å². The van der Waals surface area contributed by atoms with Crippen LogP contribution in [0.4, 0.5) is 9.59 Å². The molecule has 0 aliphatic carbocycles. The summed E-state index contributed by atoms with van der Waals surface area (Å²) in [6.45, 7) is 2.86. The van der Waals surface area contributed by atoms with Gasteiger partial charge in [-0.15, -0.1) is 0 Å². The minimum Gasteiger partial charge on any atom is -0.328 e. The summed E-state index contributed by atoms with van der Waals surface area (Å²) in [5.74, 6) is 0. The molecule has 0 bridgehead atoms. The molecule has 1 heterocycles. The Bertz CT molecular complexity index is 516. The average molecular weight is 338 g/mol. The highest BCUT2D eigenvalue weighted by atomic mass is 35.5. The van der Waals surface area contributed by atoms with Gasteiger partial charge in [0.05, 0.1) is 0 Å². The second-order valence-corrected chi connectivity index (χ2v) is 6.20. The zero-order valence-electron chi connectivity index (χ0n) is 13.6. The number of benzene rings is 1. The standard InChI is InChI=1S/C17H24ClN3O2/c1-19(10-6-5-9-15-7-3-2-4-8-15)17(23)21-13-11-20(12-14-21)16(18)22/h2-4,7-8H,5-6,9-14H2,1H3. The summed E-state index contributed by atoms with van der Waals surface area (Å²) >= 11 is 5.45. The van der Waals surface area contributed by atoms with Crippen LogP contribution in [-0.2, 0) is 6.42 Å². The second-order valence-electron chi connectivity index (χ2n) is 5.87. The summed E-state index contributed by atoms with van der Waals surface area (Å²) < 4.78 is 0. The maximum atomic E-state index is 12.4. The van der Waals surface area contributed by atoms with E-state index in [1.54, 1.807) is 14.7 Å². The highest BCUT2D eigenvalue weighted by Crippen LogP contribution is 2.09. The molecule has 0 radical (unpaired) electrons. The molecule has 126 valence electrons. The quantitative estimate of drug-likeness (QED) is 0.471. The molecule has 0 unspecified atom stereocenters. The number of carbonyl (C=O) groups is 2. The summed E-state index contributed by atoms with van der Waals surface area (Å²) in [6.07, 6.45) is 3.09. The van der Waals surface area contributed by atoms with Crippen molar-refractivity contribution in [2.75, 3.05) is 39.8 Å². The maximum absolute atomic E-state index is 12.4. The summed E-state index contributed by atoms with van der Waals surface area (Å²) in [6, 6.07) is 10.4. The van der Waals surface area contributed by atoms with Gasteiger partial charge in [-0.1, -0.05) is 30.3 Å². The van der Waals surface area contributed by atoms with E-state index in [4.69, 9.17) is 11.6 Å². The summed E-state index contributed by atoms with van der Waals surface area (Å²) in [5, 5.41) is -0.439. The largest absolute Gasteiger partial charge is 0.328 e. The lowest BCUT2D eigenvalue weighted by molar-refractivity contribution is 0.130. The van der Waals surface area contributed by atoms with Crippen molar-refractivity contribution >= 4 is 23.0 Å². The minimum absolute atomic E-state index is 0.0337. The molecule has 1 saturated heterocycles. The van der Waals surface area contributed by atoms with Gasteiger partial charge in [-0.2, -0.15) is 0 Å². The molecule has 23 heavy (non-hydrogen) atoms. The Morgan fingerprint density at radius 2 is 1.65 bits per heavy atom. The van der Waals surface area contributed by atoms with Gasteiger partial charge >= 0.3 is 11.4 Å². The predicted octanol–water partition coefficient (Wildman–Crippen LogP) is 3.04. The number of halogens is 1. The first-order valence-corrected chi connectivity index (χ1v) is 8.44. The molecular formula is C17H24ClN3O2. The highest BCUT2D eigenvalue weighted by molar-refractivity contribution is 6.62. The molecule has 0 aromatic heterocycles. The van der Waals surface area contributed by atoms with Gasteiger partial charge < -0.3 is 14.7 Å². The van der Waals surface area contributed by atoms with Crippen molar-refractivity contribution in [3.63, 3.8) is 0 Å². The molecule has 3 amide bonds. The van der Waals surface area contributed by atoms with Crippen molar-refractivity contribution in [1.82, 2.24) is 14.7 Å². The molecule has 2 rings (SSSR count). The third-order valence-corrected chi connectivity index (χ3v) is 4.42. The first-order chi connectivity index (χ1) is 11.1. The molecule has 0 N–H and O–H groups in total. The fourth-order valence-electron chi connectivity index (χ4n) is 2.73. The van der Waals surface area contributed by atoms with E-state index in [1.165, 1.54) is 5.56 Å². The van der Waals surface area contributed by atoms with Crippen LogP contribution < -0.4 is 0 Å². The van der Waals surface area contributed by atoms with Gasteiger partial charge in [-0.3, -0.25) is 4.79 Å². The number of hydrogen-bond donors (Lipinski definition) is 0. The van der Waals surface area contributed by atoms with Crippen molar-refractivity contribution in [2.24, 2.45) is 0 Å². The molecule has 1 fully saturated rings. The van der Waals surface area contributed by atoms with Crippen LogP contribution in [-0.4, -0.2) is 65.9 Å². The first-order valence-electron chi connectivity index (χ1n) is 8.06. The third-order valence-electron chi connectivity index (χ3n) is 4.18. The van der Waals surface area contributed by atoms with E-state index < -0.39 is 5.37 Å². The van der Waals surface area contributed by atoms with E-state index in [2.05, 4.69) is 24.3 Å². The van der Waals surface area contributed by atoms with Crippen LogP contribution in [0.15, 0.2) is 30.3 Å². The normalized spacial score (nSPS) is 14.7. The Balaban J connectivity index is 1.66. The van der Waals surface area contributed by atoms with Crippen molar-refractivity contribution in [2.45, 2.75) is 19.3 Å². The van der Waals surface area contributed by atoms with E-state index in [0.717, 1.165) is 25.8 Å². The van der Waals surface area contributed by atoms with Gasteiger partial charge in [0, 0.05) is 39.8 Å². The molecule has 0 spiro atoms. The zero-order chi connectivity index (χ0) is 16.7. The summed E-state index contributed by atoms with van der Waals surface area (Å²) in [7, 11) is 1.84. The molecule has 1 aliphatic rings. The van der Waals surface area contributed by atoms with Crippen molar-refractivity contribution < 1.29 is 9.59 Å². The van der Waals surface area contributed by atoms with E-state index in [9.17, 15) is 9.59 Å². The fourth-order valence-corrected chi connectivity index (χ4v) is 2.90. The molecule has 1 aliphatic heterocycles. The van der Waals surface area contributed by atoms with Gasteiger partial charge in [0.15, 0.2) is 0 Å². The average Bonchev–Trinajstić information content (AvgIpc) is 2.59. The molecule has 5 nitrogen and oxygen atoms in total. The van der Waals surface area contributed by atoms with Gasteiger partial charge in [0.2, 0.25) is 0 Å². The summed E-state index contributed by atoms with van der Waals surface area (Å²) in [5.41, 5.74) is 1.34. The van der Waals surface area contributed by atoms with Gasteiger partial charge in [0.25, 0.3) is 0 Å². The van der Waals surface area contributed by atoms with Crippen LogP contribution in [0.3, 0.4) is 0 Å². The lowest BCUT2D eigenvalue weighted by Crippen LogP contribution is -2.52. The van der Waals surface area contributed by atoms with Crippen LogP contribution in [0.1, 0.15) is 18.4 Å². The van der Waals surface area contributed by atoms with Crippen molar-refractivity contribution in [3.05, 3.63) is 35.9 Å². The Kier molecular flexibility index (Phi) is 6.71. The van der Waals surface area contributed by atoms with Crippen LogP contribution in [0.2, 0.25) is 0 Å². The number of aryl methyl sites for hydroxylation is 1. The monoisotopic (exact) mass is 337 g/mol. The predicted molar refractivity (Wildman–Crippen MR) is 91.8 cm³/mol. The number of unbranched alkanes of at least 4 members (excludes halogenated alkanes) is 1. The number of nitrogens with zero attached hydrogens (tertiary/aromatic N) is 3. The van der Waals surface area contributed by atoms with Gasteiger partial charge in [-0.25, -0.2) is 4.79 Å². The first kappa shape index (κ1) is 17.6. The Labute approximate surface area is 142 Å². The molecule has 1 aromatic rings. The van der Waals surface area contributed by atoms with Crippen LogP contribution >= 0.6 is 11.6 Å². The number of amides is 3. The topological polar surface area (TPSA) is 43.9 Å². The number of urea groups is 1. The highest BCUT2D eigenvalue weighted by Gasteiger charge is 2.24. The molecule has 0 atom stereocenters. The number of piperazine rings is 1. The number of rotatable bonds is 5. The lowest BCUT2D eigenvalue weighted by Gasteiger charge is -2.35. The molecular weight excluding hydrogens is 314 g/mol. The Hall–Kier alpha value is -1.75. The third kappa shape index (κ3) is 5.43. The molecule has 6 heteroatoms. The number of carbonyl (C=O) groups excluding carboxylic acids is 2. The van der Waals surface area contributed by atoms with E-state index in [1.807, 2.05) is 13.1 Å². The van der Waals surface area contributed by atoms with Crippen LogP contribution in [0.5, 0.6) is 0 Å². The molecule has 1 aromatic carbocycles. The Morgan fingerprint density at radius 3 is 2.26 bits per heavy atom. The lowest BCUT2D eigenvalue weighted by atomic mass is 10.1. The summed E-state index contributed by atoms with van der Waals surface area (Å²) in [4.78, 5) is 28.5. The van der Waals surface area contributed by atoms with Crippen LogP contribution in [0, 0.1) is 0 Å². The van der Waals surface area contributed by atoms with Crippen LogP contribution in [0.25, 0.3) is 0 Å². The zero-order valence-corrected chi connectivity index (χ0v) is 14.3. The van der Waals surface area contributed by atoms with Crippen molar-refractivity contribution in [3.8, 4) is 0 Å². The number of hydrogen-bond acceptors (Lipinski definition) is 2. The second kappa shape index (κ2) is 8.77. The molecule has 0 saturated carbocycles. The van der Waals surface area contributed by atoms with E-state index in [0.29, 0.717) is 26.2 Å². The SMILES string of the molecule is CN(CCCCc1ccccc1)C(=O)N1CCN(C(=O)Cl)CC1. The smallest absolute Gasteiger partial charge is 0.319 e. The van der Waals surface area contributed by atoms with Gasteiger partial charge in [0.1, 0.15) is 0 Å². The fraction of sp³-hybridized carbons (Fsp3) is 0.529. The van der Waals surface area contributed by atoms with Crippen molar-refractivity contribution in [1.29, 1.82) is 0 Å². The Morgan fingerprint density at radius 1 is 1.04 bits per heavy atom.